The molecule has 2 aromatic heterocycles. The van der Waals surface area contributed by atoms with Gasteiger partial charge in [-0.25, -0.2) is 14.4 Å². The lowest BCUT2D eigenvalue weighted by Gasteiger charge is -2.36. The van der Waals surface area contributed by atoms with Gasteiger partial charge in [0.2, 0.25) is 0 Å². The second-order valence-electron chi connectivity index (χ2n) is 9.63. The summed E-state index contributed by atoms with van der Waals surface area (Å²) in [6.45, 7) is 6.44. The third kappa shape index (κ3) is 6.72. The number of ether oxygens (including phenoxy) is 2. The Balaban J connectivity index is 1.23. The van der Waals surface area contributed by atoms with Crippen molar-refractivity contribution in [3.05, 3.63) is 94.2 Å². The van der Waals surface area contributed by atoms with E-state index in [1.165, 1.54) is 28.8 Å². The van der Waals surface area contributed by atoms with Crippen LogP contribution in [0.25, 0.3) is 0 Å². The van der Waals surface area contributed by atoms with Gasteiger partial charge in [-0.1, -0.05) is 42.5 Å². The van der Waals surface area contributed by atoms with E-state index in [2.05, 4.69) is 46.1 Å². The van der Waals surface area contributed by atoms with Crippen LogP contribution in [0.15, 0.2) is 76.7 Å². The second-order valence-corrected chi connectivity index (χ2v) is 11.4. The third-order valence-electron chi connectivity index (χ3n) is 7.14. The molecular weight excluding hydrogens is 531 g/mol. The summed E-state index contributed by atoms with van der Waals surface area (Å²) in [6, 6.07) is 18.8. The van der Waals surface area contributed by atoms with Crippen LogP contribution in [0.3, 0.4) is 0 Å². The molecule has 1 aliphatic rings. The van der Waals surface area contributed by atoms with Gasteiger partial charge in [-0.05, 0) is 49.9 Å². The van der Waals surface area contributed by atoms with Crippen LogP contribution >= 0.6 is 23.3 Å². The van der Waals surface area contributed by atoms with Crippen LogP contribution in [0.4, 0.5) is 10.2 Å². The number of methoxy groups -OCH3 is 1. The highest BCUT2D eigenvalue weighted by atomic mass is 32.2. The lowest BCUT2D eigenvalue weighted by molar-refractivity contribution is 0.0787. The number of hydrogen-bond acceptors (Lipinski definition) is 8. The predicted octanol–water partition coefficient (Wildman–Crippen LogP) is 7.31. The monoisotopic (exact) mass is 564 g/mol. The molecule has 0 N–H and O–H groups in total. The van der Waals surface area contributed by atoms with Crippen LogP contribution in [0, 0.1) is 12.7 Å². The van der Waals surface area contributed by atoms with E-state index in [1.54, 1.807) is 25.7 Å². The summed E-state index contributed by atoms with van der Waals surface area (Å²) in [6.07, 6.45) is 3.50. The van der Waals surface area contributed by atoms with Crippen molar-refractivity contribution in [3.8, 4) is 11.5 Å². The van der Waals surface area contributed by atoms with Crippen LogP contribution in [0.2, 0.25) is 0 Å². The summed E-state index contributed by atoms with van der Waals surface area (Å²) in [5, 5.41) is 2.25. The maximum atomic E-state index is 15.6. The fraction of sp³-hybridized carbons (Fsp3) is 0.333. The molecule has 0 amide bonds. The zero-order valence-electron chi connectivity index (χ0n) is 22.4. The number of halogens is 1. The second kappa shape index (κ2) is 12.8. The van der Waals surface area contributed by atoms with Gasteiger partial charge in [0.1, 0.15) is 23.4 Å². The Kier molecular flexibility index (Phi) is 9.01. The first-order valence-electron chi connectivity index (χ1n) is 13.1. The van der Waals surface area contributed by atoms with E-state index >= 15 is 4.39 Å². The van der Waals surface area contributed by atoms with Crippen molar-refractivity contribution in [2.45, 2.75) is 50.4 Å². The number of pyridine rings is 1. The Morgan fingerprint density at radius 3 is 2.51 bits per heavy atom. The minimum absolute atomic E-state index is 0.0456. The smallest absolute Gasteiger partial charge is 0.163 e. The van der Waals surface area contributed by atoms with Gasteiger partial charge in [0.15, 0.2) is 10.8 Å². The number of piperidine rings is 1. The average molecular weight is 565 g/mol. The van der Waals surface area contributed by atoms with Crippen LogP contribution in [-0.2, 0) is 6.54 Å². The summed E-state index contributed by atoms with van der Waals surface area (Å²) >= 11 is 2.75. The summed E-state index contributed by atoms with van der Waals surface area (Å²) in [5.74, 6) is 1.71. The van der Waals surface area contributed by atoms with Gasteiger partial charge in [0, 0.05) is 42.0 Å². The molecule has 0 radical (unpaired) electrons. The SMILES string of the molecule is COc1ccc(CN(Sc2ncc(OC3CCN(C(C)c4ccccc4)CC3)c(C)c2F)c2cscn2)cc1. The molecule has 3 heterocycles. The highest BCUT2D eigenvalue weighted by Crippen LogP contribution is 2.35. The molecule has 2 aromatic carbocycles. The van der Waals surface area contributed by atoms with Crippen molar-refractivity contribution in [2.75, 3.05) is 24.5 Å². The molecule has 0 spiro atoms. The zero-order valence-corrected chi connectivity index (χ0v) is 24.1. The summed E-state index contributed by atoms with van der Waals surface area (Å²) in [5.41, 5.74) is 4.64. The van der Waals surface area contributed by atoms with Gasteiger partial charge in [0.05, 0.1) is 25.4 Å². The number of hydrogen-bond donors (Lipinski definition) is 0. The number of aromatic nitrogens is 2. The van der Waals surface area contributed by atoms with Gasteiger partial charge in [0.25, 0.3) is 0 Å². The largest absolute Gasteiger partial charge is 0.497 e. The van der Waals surface area contributed by atoms with Crippen LogP contribution in [0.5, 0.6) is 11.5 Å². The first kappa shape index (κ1) is 27.4. The van der Waals surface area contributed by atoms with E-state index in [0.29, 0.717) is 28.9 Å². The maximum absolute atomic E-state index is 15.6. The molecule has 0 saturated carbocycles. The van der Waals surface area contributed by atoms with Crippen LogP contribution in [0.1, 0.15) is 42.5 Å². The quantitative estimate of drug-likeness (QED) is 0.187. The van der Waals surface area contributed by atoms with Crippen molar-refractivity contribution in [3.63, 3.8) is 0 Å². The van der Waals surface area contributed by atoms with Gasteiger partial charge < -0.3 is 9.47 Å². The standard InChI is InChI=1S/C30H33FN4O2S2/c1-21-27(37-26-13-15-34(16-14-26)22(2)24-7-5-4-6-8-24)17-32-30(29(21)31)39-35(28-19-38-20-33-28)18-23-9-11-25(36-3)12-10-23/h4-12,17,19-20,22,26H,13-16,18H2,1-3H3. The van der Waals surface area contributed by atoms with E-state index < -0.39 is 0 Å². The number of nitrogens with zero attached hydrogens (tertiary/aromatic N) is 4. The molecule has 9 heteroatoms. The molecule has 5 rings (SSSR count). The third-order valence-corrected chi connectivity index (χ3v) is 8.71. The molecule has 1 saturated heterocycles. The van der Waals surface area contributed by atoms with Crippen LogP contribution < -0.4 is 13.8 Å². The van der Waals surface area contributed by atoms with Gasteiger partial charge in [-0.3, -0.25) is 9.21 Å². The van der Waals surface area contributed by atoms with Crippen molar-refractivity contribution in [1.29, 1.82) is 0 Å². The predicted molar refractivity (Wildman–Crippen MR) is 156 cm³/mol. The molecule has 6 nitrogen and oxygen atoms in total. The minimum atomic E-state index is -0.359. The van der Waals surface area contributed by atoms with E-state index in [1.807, 2.05) is 40.0 Å². The van der Waals surface area contributed by atoms with Gasteiger partial charge >= 0.3 is 0 Å². The lowest BCUT2D eigenvalue weighted by Crippen LogP contribution is -2.39. The number of thiazole rings is 1. The zero-order chi connectivity index (χ0) is 27.2. The lowest BCUT2D eigenvalue weighted by atomic mass is 10.0. The Morgan fingerprint density at radius 2 is 1.85 bits per heavy atom. The molecule has 1 unspecified atom stereocenters. The highest BCUT2D eigenvalue weighted by molar-refractivity contribution is 8.00. The van der Waals surface area contributed by atoms with Gasteiger partial charge in [-0.2, -0.15) is 0 Å². The fourth-order valence-electron chi connectivity index (χ4n) is 4.72. The maximum Gasteiger partial charge on any atom is 0.163 e. The average Bonchev–Trinajstić information content (AvgIpc) is 3.52. The normalized spacial score (nSPS) is 15.2. The molecule has 1 fully saturated rings. The minimum Gasteiger partial charge on any atom is -0.497 e. The Hall–Kier alpha value is -3.14. The first-order chi connectivity index (χ1) is 19.0. The number of benzene rings is 2. The fourth-order valence-corrected chi connectivity index (χ4v) is 6.27. The first-order valence-corrected chi connectivity index (χ1v) is 14.8. The highest BCUT2D eigenvalue weighted by Gasteiger charge is 2.26. The Bertz CT molecular complexity index is 1330. The molecular formula is C30H33FN4O2S2. The topological polar surface area (TPSA) is 50.7 Å². The van der Waals surface area contributed by atoms with Crippen molar-refractivity contribution in [2.24, 2.45) is 0 Å². The number of anilines is 1. The van der Waals surface area contributed by atoms with E-state index in [9.17, 15) is 0 Å². The van der Waals surface area contributed by atoms with Crippen molar-refractivity contribution >= 4 is 29.1 Å². The van der Waals surface area contributed by atoms with E-state index in [-0.39, 0.29) is 11.9 Å². The Morgan fingerprint density at radius 1 is 1.10 bits per heavy atom. The Labute approximate surface area is 237 Å². The molecule has 1 atom stereocenters. The van der Waals surface area contributed by atoms with Crippen molar-refractivity contribution < 1.29 is 13.9 Å². The molecule has 1 aliphatic heterocycles. The molecule has 0 aliphatic carbocycles. The van der Waals surface area contributed by atoms with E-state index in [4.69, 9.17) is 9.47 Å². The van der Waals surface area contributed by atoms with Crippen LogP contribution in [-0.4, -0.2) is 41.2 Å². The molecule has 4 aromatic rings. The molecule has 204 valence electrons. The van der Waals surface area contributed by atoms with E-state index in [0.717, 1.165) is 43.1 Å². The number of likely N-dealkylation sites (tertiary alicyclic amines) is 1. The van der Waals surface area contributed by atoms with Gasteiger partial charge in [-0.15, -0.1) is 11.3 Å². The van der Waals surface area contributed by atoms with Crippen molar-refractivity contribution in [1.82, 2.24) is 14.9 Å². The summed E-state index contributed by atoms with van der Waals surface area (Å²) in [7, 11) is 1.64. The molecule has 39 heavy (non-hydrogen) atoms. The number of rotatable bonds is 10. The summed E-state index contributed by atoms with van der Waals surface area (Å²) in [4.78, 5) is 11.4. The molecule has 0 bridgehead atoms. The summed E-state index contributed by atoms with van der Waals surface area (Å²) < 4.78 is 29.1.